The van der Waals surface area contributed by atoms with Gasteiger partial charge in [-0.2, -0.15) is 0 Å². The first-order chi connectivity index (χ1) is 11.4. The summed E-state index contributed by atoms with van der Waals surface area (Å²) in [5.41, 5.74) is 0. The van der Waals surface area contributed by atoms with Crippen molar-refractivity contribution >= 4 is 7.25 Å². The van der Waals surface area contributed by atoms with E-state index in [-0.39, 0.29) is 21.2 Å². The second-order valence-electron chi connectivity index (χ2n) is 5.38. The summed E-state index contributed by atoms with van der Waals surface area (Å²) in [6.45, 7) is 2.27. The molecule has 0 atom stereocenters. The quantitative estimate of drug-likeness (QED) is 0.175. The summed E-state index contributed by atoms with van der Waals surface area (Å²) < 4.78 is 43.8. The van der Waals surface area contributed by atoms with Gasteiger partial charge in [-0.3, -0.25) is 0 Å². The molecular weight excluding hydrogens is 430 g/mol. The molecule has 0 heterocycles. The second-order valence-corrected chi connectivity index (χ2v) is 7.71. The van der Waals surface area contributed by atoms with E-state index in [9.17, 15) is 17.3 Å². The van der Waals surface area contributed by atoms with Gasteiger partial charge in [-0.05, 0) is 24.5 Å². The molecule has 136 valence electrons. The van der Waals surface area contributed by atoms with Crippen LogP contribution in [-0.2, 0) is 0 Å². The summed E-state index contributed by atoms with van der Waals surface area (Å²) in [4.78, 5) is 0. The van der Waals surface area contributed by atoms with Crippen molar-refractivity contribution in [3.63, 3.8) is 0 Å². The predicted molar refractivity (Wildman–Crippen MR) is 90.3 cm³/mol. The lowest BCUT2D eigenvalue weighted by molar-refractivity contribution is -0.535. The first kappa shape index (κ1) is 23.3. The van der Waals surface area contributed by atoms with Gasteiger partial charge in [0.2, 0.25) is 3.57 Å². The third-order valence-electron chi connectivity index (χ3n) is 3.11. The molecular formula is C18H26BF4I. The molecule has 1 aromatic carbocycles. The monoisotopic (exact) mass is 456 g/mol. The van der Waals surface area contributed by atoms with Crippen molar-refractivity contribution in [2.45, 2.75) is 64.7 Å². The minimum atomic E-state index is -6.00. The van der Waals surface area contributed by atoms with Crippen LogP contribution >= 0.6 is 0 Å². The van der Waals surface area contributed by atoms with Gasteiger partial charge in [-0.15, -0.1) is 0 Å². The zero-order chi connectivity index (χ0) is 18.1. The molecule has 1 rings (SSSR count). The molecule has 0 aliphatic rings. The van der Waals surface area contributed by atoms with E-state index in [4.69, 9.17) is 0 Å². The Morgan fingerprint density at radius 3 is 1.88 bits per heavy atom. The standard InChI is InChI=1S/C18H26I.BF4/c1-2-3-4-5-6-7-8-9-10-14-17-19-18-15-12-11-13-16-18;2-1(3,4)5/h11-13,15-16H,2-10H2,1H3;/q+1;-1. The molecule has 0 saturated heterocycles. The van der Waals surface area contributed by atoms with Crippen molar-refractivity contribution in [2.75, 3.05) is 0 Å². The fourth-order valence-corrected chi connectivity index (χ4v) is 3.51. The normalized spacial score (nSPS) is 10.4. The Labute approximate surface area is 154 Å². The Hall–Kier alpha value is -0.705. The van der Waals surface area contributed by atoms with Crippen molar-refractivity contribution < 1.29 is 38.5 Å². The van der Waals surface area contributed by atoms with Gasteiger partial charge < -0.3 is 17.3 Å². The summed E-state index contributed by atoms with van der Waals surface area (Å²) >= 11 is -0.0709. The van der Waals surface area contributed by atoms with E-state index in [1.807, 2.05) is 0 Å². The summed E-state index contributed by atoms with van der Waals surface area (Å²) in [6.07, 6.45) is 12.2. The molecule has 1 aromatic rings. The van der Waals surface area contributed by atoms with E-state index < -0.39 is 7.25 Å². The average molecular weight is 456 g/mol. The first-order valence-corrected chi connectivity index (χ1v) is 10.6. The van der Waals surface area contributed by atoms with Crippen LogP contribution in [0.3, 0.4) is 0 Å². The molecule has 0 aromatic heterocycles. The lowest BCUT2D eigenvalue weighted by Crippen LogP contribution is -3.59. The molecule has 0 N–H and O–H groups in total. The van der Waals surface area contributed by atoms with Crippen LogP contribution in [0.1, 0.15) is 64.7 Å². The second kappa shape index (κ2) is 15.8. The van der Waals surface area contributed by atoms with E-state index in [0.29, 0.717) is 0 Å². The van der Waals surface area contributed by atoms with E-state index in [2.05, 4.69) is 47.1 Å². The molecule has 6 heteroatoms. The Morgan fingerprint density at radius 2 is 1.33 bits per heavy atom. The number of unbranched alkanes of at least 4 members (excludes halogenated alkanes) is 8. The van der Waals surface area contributed by atoms with Crippen LogP contribution in [0.2, 0.25) is 0 Å². The molecule has 0 fully saturated rings. The van der Waals surface area contributed by atoms with Crippen LogP contribution in [0.4, 0.5) is 17.3 Å². The molecule has 0 bridgehead atoms. The van der Waals surface area contributed by atoms with Crippen LogP contribution in [0.5, 0.6) is 0 Å². The number of hydrogen-bond acceptors (Lipinski definition) is 0. The highest BCUT2D eigenvalue weighted by Gasteiger charge is 2.20. The van der Waals surface area contributed by atoms with Crippen molar-refractivity contribution in [3.8, 4) is 9.85 Å². The van der Waals surface area contributed by atoms with Crippen LogP contribution in [0.25, 0.3) is 0 Å². The van der Waals surface area contributed by atoms with Gasteiger partial charge in [0.1, 0.15) is 0 Å². The van der Waals surface area contributed by atoms with Crippen LogP contribution in [0, 0.1) is 13.4 Å². The summed E-state index contributed by atoms with van der Waals surface area (Å²) in [6, 6.07) is 10.7. The SMILES string of the molecule is CCCCCCCCCCC#C[I+]c1ccccc1.F[B-](F)(F)F. The molecule has 0 amide bonds. The van der Waals surface area contributed by atoms with Crippen LogP contribution in [-0.4, -0.2) is 7.25 Å². The Balaban J connectivity index is 0.000000922. The summed E-state index contributed by atoms with van der Waals surface area (Å²) in [7, 11) is -6.00. The lowest BCUT2D eigenvalue weighted by atomic mass is 10.1. The van der Waals surface area contributed by atoms with Gasteiger partial charge in [-0.1, -0.05) is 70.1 Å². The van der Waals surface area contributed by atoms with Gasteiger partial charge in [-0.25, -0.2) is 0 Å². The van der Waals surface area contributed by atoms with E-state index >= 15 is 0 Å². The Kier molecular flexibility index (Phi) is 15.3. The molecule has 0 nitrogen and oxygen atoms in total. The fraction of sp³-hybridized carbons (Fsp3) is 0.556. The van der Waals surface area contributed by atoms with Crippen LogP contribution < -0.4 is 21.2 Å². The summed E-state index contributed by atoms with van der Waals surface area (Å²) in [5.74, 6) is 3.34. The molecule has 0 saturated carbocycles. The van der Waals surface area contributed by atoms with Crippen LogP contribution in [0.15, 0.2) is 30.3 Å². The zero-order valence-electron chi connectivity index (χ0n) is 14.2. The lowest BCUT2D eigenvalue weighted by Gasteiger charge is -1.98. The van der Waals surface area contributed by atoms with Gasteiger partial charge in [0.15, 0.2) is 3.93 Å². The maximum absolute atomic E-state index is 9.75. The number of halogens is 5. The van der Waals surface area contributed by atoms with Crippen molar-refractivity contribution in [3.05, 3.63) is 33.9 Å². The Morgan fingerprint density at radius 1 is 0.833 bits per heavy atom. The van der Waals surface area contributed by atoms with Gasteiger partial charge >= 0.3 is 28.5 Å². The maximum Gasteiger partial charge on any atom is 0.673 e. The fourth-order valence-electron chi connectivity index (χ4n) is 1.96. The molecule has 0 aliphatic heterocycles. The van der Waals surface area contributed by atoms with E-state index in [1.165, 1.54) is 54.9 Å². The van der Waals surface area contributed by atoms with Crippen molar-refractivity contribution in [1.29, 1.82) is 0 Å². The van der Waals surface area contributed by atoms with E-state index in [1.54, 1.807) is 0 Å². The van der Waals surface area contributed by atoms with E-state index in [0.717, 1.165) is 6.42 Å². The van der Waals surface area contributed by atoms with Gasteiger partial charge in [0, 0.05) is 6.42 Å². The highest BCUT2D eigenvalue weighted by molar-refractivity contribution is 6.50. The number of hydrogen-bond donors (Lipinski definition) is 0. The third kappa shape index (κ3) is 21.3. The highest BCUT2D eigenvalue weighted by atomic mass is 127. The maximum atomic E-state index is 9.75. The minimum absolute atomic E-state index is 0.0709. The smallest absolute Gasteiger partial charge is 0.418 e. The predicted octanol–water partition coefficient (Wildman–Crippen LogP) is 3.74. The highest BCUT2D eigenvalue weighted by Crippen LogP contribution is 2.09. The molecule has 0 spiro atoms. The molecule has 24 heavy (non-hydrogen) atoms. The molecule has 0 radical (unpaired) electrons. The Bertz CT molecular complexity index is 446. The average Bonchev–Trinajstić information content (AvgIpc) is 2.52. The number of benzene rings is 1. The molecule has 0 unspecified atom stereocenters. The topological polar surface area (TPSA) is 0 Å². The zero-order valence-corrected chi connectivity index (χ0v) is 16.4. The molecule has 0 aliphatic carbocycles. The van der Waals surface area contributed by atoms with Gasteiger partial charge in [0.05, 0.1) is 0 Å². The summed E-state index contributed by atoms with van der Waals surface area (Å²) in [5, 5.41) is 0. The number of rotatable bonds is 9. The largest absolute Gasteiger partial charge is 0.673 e. The van der Waals surface area contributed by atoms with Crippen molar-refractivity contribution in [2.24, 2.45) is 0 Å². The van der Waals surface area contributed by atoms with Crippen molar-refractivity contribution in [1.82, 2.24) is 0 Å². The third-order valence-corrected chi connectivity index (χ3v) is 5.10. The first-order valence-electron chi connectivity index (χ1n) is 8.47. The minimum Gasteiger partial charge on any atom is -0.418 e. The van der Waals surface area contributed by atoms with Gasteiger partial charge in [0.25, 0.3) is 0 Å².